The third-order valence-electron chi connectivity index (χ3n) is 3.68. The van der Waals surface area contributed by atoms with Gasteiger partial charge in [0.25, 0.3) is 5.91 Å². The molecule has 1 amide bonds. The number of benzene rings is 2. The number of aromatic amines is 1. The van der Waals surface area contributed by atoms with Crippen molar-refractivity contribution in [2.45, 2.75) is 6.92 Å². The molecule has 3 aromatic rings. The van der Waals surface area contributed by atoms with Crippen LogP contribution >= 0.6 is 12.4 Å². The molecule has 0 saturated carbocycles. The Bertz CT molecular complexity index is 904. The number of hydrazone groups is 1. The highest BCUT2D eigenvalue weighted by Gasteiger charge is 2.10. The van der Waals surface area contributed by atoms with E-state index in [1.165, 1.54) is 11.8 Å². The van der Waals surface area contributed by atoms with Gasteiger partial charge in [0.2, 0.25) is 0 Å². The van der Waals surface area contributed by atoms with Crippen LogP contribution in [0, 0.1) is 6.92 Å². The first-order valence-corrected chi connectivity index (χ1v) is 7.76. The molecule has 0 fully saturated rings. The van der Waals surface area contributed by atoms with Crippen molar-refractivity contribution in [3.63, 3.8) is 0 Å². The van der Waals surface area contributed by atoms with Gasteiger partial charge in [-0.15, -0.1) is 12.4 Å². The van der Waals surface area contributed by atoms with Crippen molar-refractivity contribution in [2.75, 3.05) is 7.11 Å². The Balaban J connectivity index is 0.00000243. The minimum atomic E-state index is -0.364. The summed E-state index contributed by atoms with van der Waals surface area (Å²) in [5.41, 5.74) is 6.41. The van der Waals surface area contributed by atoms with Crippen molar-refractivity contribution in [1.82, 2.24) is 15.6 Å². The maximum Gasteiger partial charge on any atom is 0.289 e. The number of H-pyrrole nitrogens is 1. The predicted molar refractivity (Wildman–Crippen MR) is 104 cm³/mol. The van der Waals surface area contributed by atoms with Gasteiger partial charge in [-0.05, 0) is 25.1 Å². The molecule has 2 aromatic carbocycles. The lowest BCUT2D eigenvalue weighted by atomic mass is 10.1. The highest BCUT2D eigenvalue weighted by Crippen LogP contribution is 2.18. The number of amides is 1. The van der Waals surface area contributed by atoms with Crippen molar-refractivity contribution < 1.29 is 9.53 Å². The number of methoxy groups -OCH3 is 1. The molecule has 0 atom stereocenters. The fraction of sp³-hybridized carbons (Fsp3) is 0.105. The SMILES string of the molecule is COc1ccccc1C=NNC(=O)c1cc(-c2ccc(C)cc2)n[nH]1.Cl. The number of halogens is 1. The topological polar surface area (TPSA) is 79.4 Å². The molecule has 3 rings (SSSR count). The fourth-order valence-electron chi connectivity index (χ4n) is 2.30. The quantitative estimate of drug-likeness (QED) is 0.532. The van der Waals surface area contributed by atoms with Crippen LogP contribution in [0.5, 0.6) is 5.75 Å². The van der Waals surface area contributed by atoms with Gasteiger partial charge < -0.3 is 4.74 Å². The zero-order valence-electron chi connectivity index (χ0n) is 14.4. The molecule has 2 N–H and O–H groups in total. The van der Waals surface area contributed by atoms with Crippen LogP contribution in [0.3, 0.4) is 0 Å². The summed E-state index contributed by atoms with van der Waals surface area (Å²) in [6.45, 7) is 2.02. The number of carbonyl (C=O) groups excluding carboxylic acids is 1. The summed E-state index contributed by atoms with van der Waals surface area (Å²) in [7, 11) is 1.59. The zero-order chi connectivity index (χ0) is 17.6. The van der Waals surface area contributed by atoms with Gasteiger partial charge in [0, 0.05) is 11.1 Å². The Hall–Kier alpha value is -3.12. The van der Waals surface area contributed by atoms with Crippen molar-refractivity contribution in [3.05, 3.63) is 71.4 Å². The van der Waals surface area contributed by atoms with Gasteiger partial charge >= 0.3 is 0 Å². The van der Waals surface area contributed by atoms with Gasteiger partial charge in [-0.3, -0.25) is 9.89 Å². The number of rotatable bonds is 5. The van der Waals surface area contributed by atoms with Gasteiger partial charge in [-0.25, -0.2) is 5.43 Å². The molecule has 26 heavy (non-hydrogen) atoms. The van der Waals surface area contributed by atoms with Crippen LogP contribution in [-0.2, 0) is 0 Å². The van der Waals surface area contributed by atoms with Gasteiger partial charge in [0.1, 0.15) is 11.4 Å². The van der Waals surface area contributed by atoms with Crippen molar-refractivity contribution >= 4 is 24.5 Å². The summed E-state index contributed by atoms with van der Waals surface area (Å²) in [6, 6.07) is 17.0. The number of aryl methyl sites for hydroxylation is 1. The highest BCUT2D eigenvalue weighted by molar-refractivity contribution is 5.94. The monoisotopic (exact) mass is 370 g/mol. The van der Waals surface area contributed by atoms with Crippen LogP contribution in [0.25, 0.3) is 11.3 Å². The maximum absolute atomic E-state index is 12.2. The second kappa shape index (κ2) is 8.82. The molecule has 0 aliphatic heterocycles. The summed E-state index contributed by atoms with van der Waals surface area (Å²) in [6.07, 6.45) is 1.54. The summed E-state index contributed by atoms with van der Waals surface area (Å²) in [5.74, 6) is 0.320. The van der Waals surface area contributed by atoms with Gasteiger partial charge in [-0.2, -0.15) is 10.2 Å². The summed E-state index contributed by atoms with van der Waals surface area (Å²) < 4.78 is 5.23. The van der Waals surface area contributed by atoms with E-state index in [1.54, 1.807) is 13.2 Å². The molecule has 0 aliphatic rings. The molecule has 1 heterocycles. The van der Waals surface area contributed by atoms with Crippen molar-refractivity contribution in [1.29, 1.82) is 0 Å². The Labute approximate surface area is 157 Å². The van der Waals surface area contributed by atoms with Crippen LogP contribution in [-0.4, -0.2) is 29.4 Å². The molecule has 0 aliphatic carbocycles. The van der Waals surface area contributed by atoms with E-state index in [1.807, 2.05) is 55.5 Å². The zero-order valence-corrected chi connectivity index (χ0v) is 15.2. The standard InChI is InChI=1S/C19H18N4O2.ClH/c1-13-7-9-14(10-8-13)16-11-17(22-21-16)19(24)23-20-12-15-5-3-4-6-18(15)25-2;/h3-12H,1-2H3,(H,21,22)(H,23,24);1H. The van der Waals surface area contributed by atoms with Crippen LogP contribution in [0.1, 0.15) is 21.6 Å². The van der Waals surface area contributed by atoms with E-state index in [2.05, 4.69) is 20.7 Å². The third-order valence-corrected chi connectivity index (χ3v) is 3.68. The first-order chi connectivity index (χ1) is 12.2. The Kier molecular flexibility index (Phi) is 6.52. The largest absolute Gasteiger partial charge is 0.496 e. The summed E-state index contributed by atoms with van der Waals surface area (Å²) >= 11 is 0. The molecule has 0 spiro atoms. The molecule has 1 aromatic heterocycles. The second-order valence-electron chi connectivity index (χ2n) is 5.47. The summed E-state index contributed by atoms with van der Waals surface area (Å²) in [5, 5.41) is 10.9. The molecule has 134 valence electrons. The first-order valence-electron chi connectivity index (χ1n) is 7.76. The lowest BCUT2D eigenvalue weighted by molar-refractivity contribution is 0.0950. The van der Waals surface area contributed by atoms with Gasteiger partial charge in [0.15, 0.2) is 0 Å². The number of nitrogens with one attached hydrogen (secondary N) is 2. The van der Waals surface area contributed by atoms with Crippen molar-refractivity contribution in [2.24, 2.45) is 5.10 Å². The maximum atomic E-state index is 12.2. The van der Waals surface area contributed by atoms with E-state index < -0.39 is 0 Å². The molecular weight excluding hydrogens is 352 g/mol. The third kappa shape index (κ3) is 4.49. The van der Waals surface area contributed by atoms with Crippen LogP contribution in [0.15, 0.2) is 59.7 Å². The summed E-state index contributed by atoms with van der Waals surface area (Å²) in [4.78, 5) is 12.2. The fourth-order valence-corrected chi connectivity index (χ4v) is 2.30. The first kappa shape index (κ1) is 19.2. The van der Waals surface area contributed by atoms with Gasteiger partial charge in [0.05, 0.1) is 19.0 Å². The molecule has 7 heteroatoms. The normalized spacial score (nSPS) is 10.4. The number of hydrogen-bond acceptors (Lipinski definition) is 4. The van der Waals surface area contributed by atoms with E-state index in [4.69, 9.17) is 4.74 Å². The molecule has 0 saturated heterocycles. The Morgan fingerprint density at radius 1 is 1.19 bits per heavy atom. The smallest absolute Gasteiger partial charge is 0.289 e. The number of aromatic nitrogens is 2. The number of nitrogens with zero attached hydrogens (tertiary/aromatic N) is 2. The average Bonchev–Trinajstić information content (AvgIpc) is 3.13. The number of para-hydroxylation sites is 1. The Morgan fingerprint density at radius 3 is 2.65 bits per heavy atom. The molecule has 0 bridgehead atoms. The molecule has 0 unspecified atom stereocenters. The lowest BCUT2D eigenvalue weighted by Gasteiger charge is -2.02. The average molecular weight is 371 g/mol. The Morgan fingerprint density at radius 2 is 1.92 bits per heavy atom. The van der Waals surface area contributed by atoms with Gasteiger partial charge in [-0.1, -0.05) is 42.0 Å². The van der Waals surface area contributed by atoms with Crippen LogP contribution < -0.4 is 10.2 Å². The van der Waals surface area contributed by atoms with Crippen LogP contribution in [0.2, 0.25) is 0 Å². The van der Waals surface area contributed by atoms with E-state index in [0.717, 1.165) is 11.1 Å². The van der Waals surface area contributed by atoms with E-state index in [9.17, 15) is 4.79 Å². The lowest BCUT2D eigenvalue weighted by Crippen LogP contribution is -2.18. The van der Waals surface area contributed by atoms with Crippen LogP contribution in [0.4, 0.5) is 0 Å². The minimum absolute atomic E-state index is 0. The highest BCUT2D eigenvalue weighted by atomic mass is 35.5. The minimum Gasteiger partial charge on any atom is -0.496 e. The molecule has 6 nitrogen and oxygen atoms in total. The second-order valence-corrected chi connectivity index (χ2v) is 5.47. The number of hydrogen-bond donors (Lipinski definition) is 2. The number of ether oxygens (including phenoxy) is 1. The number of carbonyl (C=O) groups is 1. The molecular formula is C19H19ClN4O2. The van der Waals surface area contributed by atoms with E-state index >= 15 is 0 Å². The van der Waals surface area contributed by atoms with E-state index in [-0.39, 0.29) is 18.3 Å². The van der Waals surface area contributed by atoms with E-state index in [0.29, 0.717) is 17.1 Å². The molecule has 0 radical (unpaired) electrons. The predicted octanol–water partition coefficient (Wildman–Crippen LogP) is 3.58. The van der Waals surface area contributed by atoms with Crippen molar-refractivity contribution in [3.8, 4) is 17.0 Å².